The predicted octanol–water partition coefficient (Wildman–Crippen LogP) is 2.23. The summed E-state index contributed by atoms with van der Waals surface area (Å²) in [6.45, 7) is 1.78. The summed E-state index contributed by atoms with van der Waals surface area (Å²) in [5.74, 6) is -1.97. The highest BCUT2D eigenvalue weighted by molar-refractivity contribution is 6.09. The van der Waals surface area contributed by atoms with E-state index in [9.17, 15) is 14.7 Å². The summed E-state index contributed by atoms with van der Waals surface area (Å²) in [5, 5.41) is 21.3. The summed E-state index contributed by atoms with van der Waals surface area (Å²) in [7, 11) is 0. The first kappa shape index (κ1) is 14.4. The smallest absolute Gasteiger partial charge is 0.337 e. The summed E-state index contributed by atoms with van der Waals surface area (Å²) in [6, 6.07) is 8.74. The SMILES string of the molecule is Cc1ccc(O)c(C(=O)Nc2ccc(N)cc2C(=O)O)c1. The van der Waals surface area contributed by atoms with Gasteiger partial charge in [0, 0.05) is 5.69 Å². The van der Waals surface area contributed by atoms with Gasteiger partial charge in [0.05, 0.1) is 16.8 Å². The molecule has 2 rings (SSSR count). The Balaban J connectivity index is 2.36. The van der Waals surface area contributed by atoms with E-state index < -0.39 is 11.9 Å². The molecule has 0 unspecified atom stereocenters. The fraction of sp³-hybridized carbons (Fsp3) is 0.0667. The largest absolute Gasteiger partial charge is 0.507 e. The zero-order valence-electron chi connectivity index (χ0n) is 11.3. The number of aromatic hydroxyl groups is 1. The quantitative estimate of drug-likeness (QED) is 0.646. The number of nitrogen functional groups attached to an aromatic ring is 1. The lowest BCUT2D eigenvalue weighted by Crippen LogP contribution is -2.15. The summed E-state index contributed by atoms with van der Waals surface area (Å²) < 4.78 is 0. The van der Waals surface area contributed by atoms with Crippen molar-refractivity contribution in [3.8, 4) is 5.75 Å². The number of carboxylic acids is 1. The Bertz CT molecular complexity index is 726. The van der Waals surface area contributed by atoms with Gasteiger partial charge < -0.3 is 21.3 Å². The molecule has 0 saturated heterocycles. The molecule has 2 aromatic carbocycles. The van der Waals surface area contributed by atoms with Crippen molar-refractivity contribution in [2.45, 2.75) is 6.92 Å². The number of rotatable bonds is 3. The van der Waals surface area contributed by atoms with E-state index in [1.807, 2.05) is 0 Å². The van der Waals surface area contributed by atoms with Crippen molar-refractivity contribution in [1.29, 1.82) is 0 Å². The summed E-state index contributed by atoms with van der Waals surface area (Å²) >= 11 is 0. The predicted molar refractivity (Wildman–Crippen MR) is 78.6 cm³/mol. The molecule has 5 N–H and O–H groups in total. The molecule has 2 aromatic rings. The van der Waals surface area contributed by atoms with Crippen LogP contribution in [0.5, 0.6) is 5.75 Å². The van der Waals surface area contributed by atoms with Gasteiger partial charge in [-0.3, -0.25) is 4.79 Å². The maximum Gasteiger partial charge on any atom is 0.337 e. The Morgan fingerprint density at radius 1 is 1.10 bits per heavy atom. The first-order chi connectivity index (χ1) is 9.88. The van der Waals surface area contributed by atoms with E-state index in [1.165, 1.54) is 30.3 Å². The van der Waals surface area contributed by atoms with Crippen LogP contribution >= 0.6 is 0 Å². The van der Waals surface area contributed by atoms with Crippen LogP contribution in [0, 0.1) is 6.92 Å². The number of carbonyl (C=O) groups excluding carboxylic acids is 1. The van der Waals surface area contributed by atoms with Crippen LogP contribution in [0.4, 0.5) is 11.4 Å². The van der Waals surface area contributed by atoms with E-state index in [0.29, 0.717) is 0 Å². The molecule has 0 fully saturated rings. The van der Waals surface area contributed by atoms with Crippen LogP contribution in [0.15, 0.2) is 36.4 Å². The minimum absolute atomic E-state index is 0.0724. The molecular weight excluding hydrogens is 272 g/mol. The van der Waals surface area contributed by atoms with Crippen molar-refractivity contribution < 1.29 is 19.8 Å². The number of aryl methyl sites for hydroxylation is 1. The Kier molecular flexibility index (Phi) is 3.80. The molecule has 0 radical (unpaired) electrons. The fourth-order valence-electron chi connectivity index (χ4n) is 1.87. The van der Waals surface area contributed by atoms with Gasteiger partial charge in [-0.25, -0.2) is 4.79 Å². The van der Waals surface area contributed by atoms with Crippen LogP contribution in [0.3, 0.4) is 0 Å². The third kappa shape index (κ3) is 3.11. The maximum atomic E-state index is 12.2. The van der Waals surface area contributed by atoms with E-state index in [1.54, 1.807) is 13.0 Å². The Morgan fingerprint density at radius 2 is 1.81 bits per heavy atom. The second kappa shape index (κ2) is 5.54. The van der Waals surface area contributed by atoms with Crippen molar-refractivity contribution in [2.24, 2.45) is 0 Å². The number of aromatic carboxylic acids is 1. The molecule has 6 heteroatoms. The lowest BCUT2D eigenvalue weighted by molar-refractivity contribution is 0.0698. The van der Waals surface area contributed by atoms with E-state index in [4.69, 9.17) is 10.8 Å². The molecule has 6 nitrogen and oxygen atoms in total. The van der Waals surface area contributed by atoms with Crippen LogP contribution in [-0.2, 0) is 0 Å². The zero-order valence-corrected chi connectivity index (χ0v) is 11.3. The van der Waals surface area contributed by atoms with Gasteiger partial charge in [-0.1, -0.05) is 11.6 Å². The highest BCUT2D eigenvalue weighted by Gasteiger charge is 2.16. The first-order valence-electron chi connectivity index (χ1n) is 6.12. The third-order valence-electron chi connectivity index (χ3n) is 2.92. The molecule has 0 aliphatic rings. The molecule has 0 aliphatic heterocycles. The molecular formula is C15H14N2O4. The van der Waals surface area contributed by atoms with Crippen molar-refractivity contribution in [1.82, 2.24) is 0 Å². The van der Waals surface area contributed by atoms with Crippen LogP contribution < -0.4 is 11.1 Å². The number of amides is 1. The molecule has 0 spiro atoms. The van der Waals surface area contributed by atoms with Gasteiger partial charge >= 0.3 is 5.97 Å². The number of nitrogens with one attached hydrogen (secondary N) is 1. The second-order valence-electron chi connectivity index (χ2n) is 4.58. The fourth-order valence-corrected chi connectivity index (χ4v) is 1.87. The Labute approximate surface area is 120 Å². The minimum atomic E-state index is -1.20. The molecule has 0 bridgehead atoms. The van der Waals surface area contributed by atoms with Crippen LogP contribution in [0.2, 0.25) is 0 Å². The van der Waals surface area contributed by atoms with E-state index in [0.717, 1.165) is 5.56 Å². The summed E-state index contributed by atoms with van der Waals surface area (Å²) in [4.78, 5) is 23.3. The lowest BCUT2D eigenvalue weighted by Gasteiger charge is -2.10. The molecule has 21 heavy (non-hydrogen) atoms. The molecule has 0 saturated carbocycles. The highest BCUT2D eigenvalue weighted by atomic mass is 16.4. The first-order valence-corrected chi connectivity index (χ1v) is 6.12. The number of nitrogens with two attached hydrogens (primary N) is 1. The van der Waals surface area contributed by atoms with Gasteiger partial charge in [-0.05, 0) is 37.3 Å². The standard InChI is InChI=1S/C15H14N2O4/c1-8-2-5-13(18)11(6-8)14(19)17-12-4-3-9(16)7-10(12)15(20)21/h2-7,18H,16H2,1H3,(H,17,19)(H,20,21). The van der Waals surface area contributed by atoms with Crippen LogP contribution in [0.1, 0.15) is 26.3 Å². The number of carboxylic acid groups (broad SMARTS) is 1. The number of phenols is 1. The van der Waals surface area contributed by atoms with Crippen molar-refractivity contribution in [3.05, 3.63) is 53.1 Å². The van der Waals surface area contributed by atoms with Crippen molar-refractivity contribution >= 4 is 23.3 Å². The number of benzene rings is 2. The maximum absolute atomic E-state index is 12.2. The van der Waals surface area contributed by atoms with Gasteiger partial charge in [0.2, 0.25) is 0 Å². The molecule has 0 atom stereocenters. The average molecular weight is 286 g/mol. The van der Waals surface area contributed by atoms with Gasteiger partial charge in [-0.2, -0.15) is 0 Å². The second-order valence-corrected chi connectivity index (χ2v) is 4.58. The van der Waals surface area contributed by atoms with Crippen molar-refractivity contribution in [3.63, 3.8) is 0 Å². The molecule has 0 heterocycles. The number of anilines is 2. The monoisotopic (exact) mass is 286 g/mol. The van der Waals surface area contributed by atoms with Crippen molar-refractivity contribution in [2.75, 3.05) is 11.1 Å². The number of phenolic OH excluding ortho intramolecular Hbond substituents is 1. The van der Waals surface area contributed by atoms with Gasteiger partial charge in [0.15, 0.2) is 0 Å². The number of carbonyl (C=O) groups is 2. The van der Waals surface area contributed by atoms with Crippen LogP contribution in [0.25, 0.3) is 0 Å². The highest BCUT2D eigenvalue weighted by Crippen LogP contribution is 2.23. The van der Waals surface area contributed by atoms with Gasteiger partial charge in [0.1, 0.15) is 5.75 Å². The summed E-state index contributed by atoms with van der Waals surface area (Å²) in [6.07, 6.45) is 0. The van der Waals surface area contributed by atoms with Gasteiger partial charge in [0.25, 0.3) is 5.91 Å². The normalized spacial score (nSPS) is 10.1. The zero-order chi connectivity index (χ0) is 15.6. The van der Waals surface area contributed by atoms with Crippen LogP contribution in [-0.4, -0.2) is 22.1 Å². The molecule has 108 valence electrons. The lowest BCUT2D eigenvalue weighted by atomic mass is 10.1. The minimum Gasteiger partial charge on any atom is -0.507 e. The summed E-state index contributed by atoms with van der Waals surface area (Å²) in [5.41, 5.74) is 6.69. The van der Waals surface area contributed by atoms with E-state index in [2.05, 4.69) is 5.32 Å². The van der Waals surface area contributed by atoms with Gasteiger partial charge in [-0.15, -0.1) is 0 Å². The molecule has 1 amide bonds. The third-order valence-corrected chi connectivity index (χ3v) is 2.92. The Hall–Kier alpha value is -3.02. The Morgan fingerprint density at radius 3 is 2.48 bits per heavy atom. The molecule has 0 aliphatic carbocycles. The molecule has 0 aromatic heterocycles. The number of hydrogen-bond acceptors (Lipinski definition) is 4. The average Bonchev–Trinajstić information content (AvgIpc) is 2.43. The van der Waals surface area contributed by atoms with E-state index >= 15 is 0 Å². The topological polar surface area (TPSA) is 113 Å². The number of hydrogen-bond donors (Lipinski definition) is 4. The van der Waals surface area contributed by atoms with E-state index in [-0.39, 0.29) is 28.3 Å².